The molecule has 0 aliphatic rings. The number of rotatable bonds is 6. The molecule has 0 unspecified atom stereocenters. The number of thiophene rings is 1. The third-order valence-electron chi connectivity index (χ3n) is 3.59. The van der Waals surface area contributed by atoms with Gasteiger partial charge in [-0.2, -0.15) is 0 Å². The Bertz CT molecular complexity index is 844. The summed E-state index contributed by atoms with van der Waals surface area (Å²) >= 11 is 1.57. The normalized spacial score (nSPS) is 11.0. The summed E-state index contributed by atoms with van der Waals surface area (Å²) in [6, 6.07) is 9.59. The summed E-state index contributed by atoms with van der Waals surface area (Å²) in [5.41, 5.74) is 1.37. The molecule has 3 rings (SSSR count). The van der Waals surface area contributed by atoms with Gasteiger partial charge in [0, 0.05) is 12.2 Å². The van der Waals surface area contributed by atoms with Crippen LogP contribution < -0.4 is 5.32 Å². The number of hydrogen-bond donors (Lipinski definition) is 1. The summed E-state index contributed by atoms with van der Waals surface area (Å²) in [7, 11) is 1.84. The molecule has 1 N–H and O–H groups in total. The van der Waals surface area contributed by atoms with Gasteiger partial charge in [0.15, 0.2) is 0 Å². The number of carbonyl (C=O) groups is 1. The molecule has 0 bridgehead atoms. The number of nitrogens with one attached hydrogen (secondary N) is 1. The van der Waals surface area contributed by atoms with E-state index < -0.39 is 0 Å². The highest BCUT2D eigenvalue weighted by Gasteiger charge is 2.15. The molecule has 130 valence electrons. The topological polar surface area (TPSA) is 58.4 Å². The molecule has 0 saturated carbocycles. The number of halogens is 1. The summed E-state index contributed by atoms with van der Waals surface area (Å²) < 4.78 is 18.6. The second kappa shape index (κ2) is 7.58. The van der Waals surface area contributed by atoms with E-state index in [9.17, 15) is 9.18 Å². The van der Waals surface area contributed by atoms with Crippen molar-refractivity contribution >= 4 is 22.9 Å². The third-order valence-corrected chi connectivity index (χ3v) is 4.44. The third kappa shape index (κ3) is 4.52. The Morgan fingerprint density at radius 3 is 2.76 bits per heavy atom. The molecule has 0 fully saturated rings. The van der Waals surface area contributed by atoms with E-state index in [-0.39, 0.29) is 18.3 Å². The maximum atomic E-state index is 12.9. The van der Waals surface area contributed by atoms with Gasteiger partial charge >= 0.3 is 0 Å². The number of oxazole rings is 1. The molecule has 0 radical (unpaired) electrons. The number of benzene rings is 1. The molecular weight excluding hydrogens is 341 g/mol. The first-order valence-corrected chi connectivity index (χ1v) is 8.63. The van der Waals surface area contributed by atoms with Gasteiger partial charge < -0.3 is 9.73 Å². The average molecular weight is 359 g/mol. The van der Waals surface area contributed by atoms with Crippen molar-refractivity contribution in [1.82, 2.24) is 9.88 Å². The molecule has 5 nitrogen and oxygen atoms in total. The maximum Gasteiger partial charge on any atom is 0.238 e. The van der Waals surface area contributed by atoms with Crippen LogP contribution >= 0.6 is 11.3 Å². The lowest BCUT2D eigenvalue weighted by molar-refractivity contribution is -0.117. The van der Waals surface area contributed by atoms with Gasteiger partial charge in [-0.1, -0.05) is 6.07 Å². The van der Waals surface area contributed by atoms with Crippen LogP contribution in [0.1, 0.15) is 11.5 Å². The zero-order valence-corrected chi connectivity index (χ0v) is 14.8. The highest BCUT2D eigenvalue weighted by atomic mass is 32.1. The van der Waals surface area contributed by atoms with Crippen molar-refractivity contribution < 1.29 is 13.6 Å². The number of nitrogens with zero attached hydrogens (tertiary/aromatic N) is 2. The number of hydrogen-bond acceptors (Lipinski definition) is 5. The van der Waals surface area contributed by atoms with Crippen molar-refractivity contribution in [3.05, 3.63) is 59.0 Å². The largest absolute Gasteiger partial charge is 0.440 e. The van der Waals surface area contributed by atoms with Crippen LogP contribution in [0.2, 0.25) is 0 Å². The summed E-state index contributed by atoms with van der Waals surface area (Å²) in [6.45, 7) is 2.56. The zero-order valence-electron chi connectivity index (χ0n) is 14.0. The summed E-state index contributed by atoms with van der Waals surface area (Å²) in [4.78, 5) is 19.4. The van der Waals surface area contributed by atoms with E-state index in [4.69, 9.17) is 4.42 Å². The van der Waals surface area contributed by atoms with Gasteiger partial charge in [0.1, 0.15) is 11.6 Å². The second-order valence-corrected chi connectivity index (χ2v) is 6.67. The highest BCUT2D eigenvalue weighted by Crippen LogP contribution is 2.26. The predicted molar refractivity (Wildman–Crippen MR) is 95.9 cm³/mol. The van der Waals surface area contributed by atoms with Gasteiger partial charge in [-0.3, -0.25) is 9.69 Å². The number of anilines is 1. The number of amides is 1. The van der Waals surface area contributed by atoms with Crippen LogP contribution in [0.5, 0.6) is 0 Å². The molecule has 0 atom stereocenters. The molecule has 0 aliphatic heterocycles. The van der Waals surface area contributed by atoms with Gasteiger partial charge in [0.25, 0.3) is 0 Å². The van der Waals surface area contributed by atoms with Gasteiger partial charge in [-0.15, -0.1) is 11.3 Å². The predicted octanol–water partition coefficient (Wildman–Crippen LogP) is 3.92. The Kier molecular flexibility index (Phi) is 5.25. The molecule has 0 aliphatic carbocycles. The standard InChI is InChI=1S/C18H18FN3O2S/c1-12-15(21-18(24-12)16-4-3-9-25-16)10-22(2)11-17(23)20-14-7-5-13(19)6-8-14/h3-9H,10-11H2,1-2H3,(H,20,23). The van der Waals surface area contributed by atoms with E-state index in [0.29, 0.717) is 18.1 Å². The van der Waals surface area contributed by atoms with Gasteiger partial charge in [-0.05, 0) is 49.7 Å². The van der Waals surface area contributed by atoms with Crippen molar-refractivity contribution in [2.24, 2.45) is 0 Å². The van der Waals surface area contributed by atoms with Crippen molar-refractivity contribution in [2.45, 2.75) is 13.5 Å². The fourth-order valence-corrected chi connectivity index (χ4v) is 3.02. The first-order valence-electron chi connectivity index (χ1n) is 7.75. The van der Waals surface area contributed by atoms with Crippen molar-refractivity contribution in [3.8, 4) is 10.8 Å². The van der Waals surface area contributed by atoms with Crippen LogP contribution in [0.3, 0.4) is 0 Å². The van der Waals surface area contributed by atoms with Crippen LogP contribution in [0, 0.1) is 12.7 Å². The molecule has 1 amide bonds. The quantitative estimate of drug-likeness (QED) is 0.725. The lowest BCUT2D eigenvalue weighted by Gasteiger charge is -2.15. The first-order chi connectivity index (χ1) is 12.0. The fraction of sp³-hybridized carbons (Fsp3) is 0.222. The van der Waals surface area contributed by atoms with Crippen LogP contribution in [0.15, 0.2) is 46.2 Å². The van der Waals surface area contributed by atoms with Crippen LogP contribution in [0.25, 0.3) is 10.8 Å². The SMILES string of the molecule is Cc1oc(-c2cccs2)nc1CN(C)CC(=O)Nc1ccc(F)cc1. The Morgan fingerprint density at radius 2 is 2.08 bits per heavy atom. The lowest BCUT2D eigenvalue weighted by atomic mass is 10.3. The minimum atomic E-state index is -0.335. The number of aryl methyl sites for hydroxylation is 1. The van der Waals surface area contributed by atoms with Crippen molar-refractivity contribution in [1.29, 1.82) is 0 Å². The zero-order chi connectivity index (χ0) is 17.8. The van der Waals surface area contributed by atoms with Gasteiger partial charge in [0.2, 0.25) is 11.8 Å². The van der Waals surface area contributed by atoms with E-state index in [1.807, 2.05) is 36.4 Å². The van der Waals surface area contributed by atoms with Crippen LogP contribution in [-0.4, -0.2) is 29.4 Å². The monoisotopic (exact) mass is 359 g/mol. The Morgan fingerprint density at radius 1 is 1.32 bits per heavy atom. The first kappa shape index (κ1) is 17.3. The second-order valence-electron chi connectivity index (χ2n) is 5.73. The Balaban J connectivity index is 1.58. The van der Waals surface area contributed by atoms with Gasteiger partial charge in [-0.25, -0.2) is 9.37 Å². The number of aromatic nitrogens is 1. The van der Waals surface area contributed by atoms with E-state index >= 15 is 0 Å². The molecular formula is C18H18FN3O2S. The molecule has 7 heteroatoms. The van der Waals surface area contributed by atoms with Crippen LogP contribution in [0.4, 0.5) is 10.1 Å². The molecule has 2 heterocycles. The van der Waals surface area contributed by atoms with Crippen molar-refractivity contribution in [3.63, 3.8) is 0 Å². The summed E-state index contributed by atoms with van der Waals surface area (Å²) in [5, 5.41) is 4.71. The smallest absolute Gasteiger partial charge is 0.238 e. The summed E-state index contributed by atoms with van der Waals surface area (Å²) in [5.74, 6) is 0.841. The van der Waals surface area contributed by atoms with E-state index in [1.54, 1.807) is 11.3 Å². The lowest BCUT2D eigenvalue weighted by Crippen LogP contribution is -2.30. The number of likely N-dealkylation sites (N-methyl/N-ethyl adjacent to an activating group) is 1. The molecule has 25 heavy (non-hydrogen) atoms. The highest BCUT2D eigenvalue weighted by molar-refractivity contribution is 7.13. The maximum absolute atomic E-state index is 12.9. The van der Waals surface area contributed by atoms with Crippen molar-refractivity contribution in [2.75, 3.05) is 18.9 Å². The minimum absolute atomic E-state index is 0.172. The van der Waals surface area contributed by atoms with Gasteiger partial charge in [0.05, 0.1) is 17.1 Å². The average Bonchev–Trinajstić information content (AvgIpc) is 3.20. The van der Waals surface area contributed by atoms with E-state index in [2.05, 4.69) is 10.3 Å². The Labute approximate surface area is 149 Å². The molecule has 2 aromatic heterocycles. The molecule has 0 saturated heterocycles. The fourth-order valence-electron chi connectivity index (χ4n) is 2.37. The Hall–Kier alpha value is -2.51. The molecule has 1 aromatic carbocycles. The molecule has 3 aromatic rings. The number of carbonyl (C=O) groups excluding carboxylic acids is 1. The molecule has 0 spiro atoms. The minimum Gasteiger partial charge on any atom is -0.440 e. The van der Waals surface area contributed by atoms with E-state index in [1.165, 1.54) is 24.3 Å². The summed E-state index contributed by atoms with van der Waals surface area (Å²) in [6.07, 6.45) is 0. The van der Waals surface area contributed by atoms with E-state index in [0.717, 1.165) is 16.3 Å². The van der Waals surface area contributed by atoms with Crippen LogP contribution in [-0.2, 0) is 11.3 Å².